The molecular weight excluding hydrogens is 219 g/mol. The van der Waals surface area contributed by atoms with Gasteiger partial charge in [-0.05, 0) is 22.7 Å². The van der Waals surface area contributed by atoms with Crippen LogP contribution in [0.25, 0.3) is 0 Å². The molecular formula is C13H21FOSi. The van der Waals surface area contributed by atoms with E-state index in [4.69, 9.17) is 0 Å². The molecule has 16 heavy (non-hydrogen) atoms. The summed E-state index contributed by atoms with van der Waals surface area (Å²) < 4.78 is 12.8. The molecule has 0 aliphatic heterocycles. The molecule has 0 spiro atoms. The van der Waals surface area contributed by atoms with Gasteiger partial charge in [0.2, 0.25) is 0 Å². The first-order chi connectivity index (χ1) is 7.16. The van der Waals surface area contributed by atoms with Gasteiger partial charge in [0.25, 0.3) is 0 Å². The van der Waals surface area contributed by atoms with E-state index < -0.39 is 13.8 Å². The number of hydrogen-bond donors (Lipinski definition) is 1. The van der Waals surface area contributed by atoms with Crippen molar-refractivity contribution in [1.29, 1.82) is 0 Å². The third kappa shape index (κ3) is 2.52. The molecule has 0 saturated carbocycles. The summed E-state index contributed by atoms with van der Waals surface area (Å²) in [6.45, 7) is 10.8. The van der Waals surface area contributed by atoms with Crippen molar-refractivity contribution in [3.63, 3.8) is 0 Å². The molecule has 1 nitrogen and oxygen atoms in total. The minimum atomic E-state index is -1.83. The van der Waals surface area contributed by atoms with Gasteiger partial charge in [0.1, 0.15) is 5.82 Å². The molecule has 1 atom stereocenters. The molecule has 0 amide bonds. The van der Waals surface area contributed by atoms with Gasteiger partial charge in [0.15, 0.2) is 0 Å². The van der Waals surface area contributed by atoms with E-state index in [1.165, 1.54) is 12.1 Å². The fraction of sp³-hybridized carbons (Fsp3) is 0.538. The third-order valence-electron chi connectivity index (χ3n) is 3.80. The maximum absolute atomic E-state index is 12.8. The van der Waals surface area contributed by atoms with Crippen LogP contribution in [0.1, 0.15) is 32.1 Å². The van der Waals surface area contributed by atoms with Crippen molar-refractivity contribution in [2.75, 3.05) is 0 Å². The molecule has 1 aromatic rings. The zero-order valence-electron chi connectivity index (χ0n) is 10.7. The monoisotopic (exact) mass is 240 g/mol. The largest absolute Gasteiger partial charge is 0.392 e. The van der Waals surface area contributed by atoms with Crippen LogP contribution in [-0.4, -0.2) is 13.2 Å². The van der Waals surface area contributed by atoms with Crippen molar-refractivity contribution >= 4 is 8.07 Å². The summed E-state index contributed by atoms with van der Waals surface area (Å²) in [5.41, 5.74) is 0.376. The van der Waals surface area contributed by atoms with Gasteiger partial charge in [0.05, 0.1) is 13.8 Å². The normalized spacial score (nSPS) is 14.9. The Morgan fingerprint density at radius 2 is 1.56 bits per heavy atom. The Morgan fingerprint density at radius 1 is 1.12 bits per heavy atom. The summed E-state index contributed by atoms with van der Waals surface area (Å²) in [6, 6.07) is 6.18. The second-order valence-corrected chi connectivity index (χ2v) is 11.4. The van der Waals surface area contributed by atoms with Crippen molar-refractivity contribution < 1.29 is 9.50 Å². The van der Waals surface area contributed by atoms with Gasteiger partial charge in [-0.3, -0.25) is 0 Å². The summed E-state index contributed by atoms with van der Waals surface area (Å²) in [4.78, 5) is 0. The maximum Gasteiger partial charge on any atom is 0.123 e. The topological polar surface area (TPSA) is 20.2 Å². The van der Waals surface area contributed by atoms with E-state index in [1.807, 2.05) is 0 Å². The van der Waals surface area contributed by atoms with Crippen molar-refractivity contribution in [1.82, 2.24) is 0 Å². The van der Waals surface area contributed by atoms with E-state index in [2.05, 4.69) is 33.9 Å². The van der Waals surface area contributed by atoms with Crippen molar-refractivity contribution in [2.24, 2.45) is 0 Å². The minimum Gasteiger partial charge on any atom is -0.392 e. The standard InChI is InChI=1S/C13H21FOSi/c1-13(2,3)16(4,5)12(15)10-6-8-11(14)9-7-10/h6-9,12,15H,1-5H3/t12-/m1/s1. The minimum absolute atomic E-state index is 0.112. The predicted octanol–water partition coefficient (Wildman–Crippen LogP) is 3.91. The van der Waals surface area contributed by atoms with Crippen molar-refractivity contribution in [2.45, 2.75) is 44.6 Å². The first kappa shape index (κ1) is 13.4. The van der Waals surface area contributed by atoms with Crippen LogP contribution < -0.4 is 0 Å². The SMILES string of the molecule is CC(C)(C)[Si](C)(C)[C@@H](O)c1ccc(F)cc1. The Hall–Kier alpha value is -0.673. The summed E-state index contributed by atoms with van der Waals surface area (Å²) >= 11 is 0. The van der Waals surface area contributed by atoms with Crippen LogP contribution in [0.15, 0.2) is 24.3 Å². The molecule has 0 aliphatic rings. The Bertz CT molecular complexity index is 351. The predicted molar refractivity (Wildman–Crippen MR) is 68.6 cm³/mol. The average Bonchev–Trinajstić information content (AvgIpc) is 2.16. The summed E-state index contributed by atoms with van der Waals surface area (Å²) in [6.07, 6.45) is 0. The fourth-order valence-corrected chi connectivity index (χ4v) is 3.32. The van der Waals surface area contributed by atoms with Gasteiger partial charge in [0, 0.05) is 0 Å². The second kappa shape index (κ2) is 4.30. The van der Waals surface area contributed by atoms with Crippen LogP contribution >= 0.6 is 0 Å². The maximum atomic E-state index is 12.8. The van der Waals surface area contributed by atoms with E-state index >= 15 is 0 Å². The van der Waals surface area contributed by atoms with E-state index in [9.17, 15) is 9.50 Å². The van der Waals surface area contributed by atoms with E-state index in [-0.39, 0.29) is 10.9 Å². The average molecular weight is 240 g/mol. The summed E-state index contributed by atoms with van der Waals surface area (Å²) in [5.74, 6) is -0.258. The van der Waals surface area contributed by atoms with Crippen LogP contribution in [-0.2, 0) is 0 Å². The number of aliphatic hydroxyl groups excluding tert-OH is 1. The molecule has 3 heteroatoms. The number of rotatable bonds is 2. The number of halogens is 1. The molecule has 0 unspecified atom stereocenters. The first-order valence-corrected chi connectivity index (χ1v) is 8.67. The first-order valence-electron chi connectivity index (χ1n) is 5.60. The molecule has 90 valence electrons. The molecule has 0 fully saturated rings. The van der Waals surface area contributed by atoms with E-state index in [0.29, 0.717) is 0 Å². The molecule has 0 aliphatic carbocycles. The lowest BCUT2D eigenvalue weighted by atomic mass is 10.2. The molecule has 1 aromatic carbocycles. The lowest BCUT2D eigenvalue weighted by Crippen LogP contribution is -2.44. The van der Waals surface area contributed by atoms with Gasteiger partial charge in [-0.1, -0.05) is 46.0 Å². The zero-order chi connectivity index (χ0) is 12.6. The Kier molecular flexibility index (Phi) is 3.60. The van der Waals surface area contributed by atoms with Gasteiger partial charge in [-0.2, -0.15) is 0 Å². The third-order valence-corrected chi connectivity index (χ3v) is 9.37. The van der Waals surface area contributed by atoms with Crippen LogP contribution in [0.4, 0.5) is 4.39 Å². The fourth-order valence-electron chi connectivity index (χ4n) is 1.47. The molecule has 0 heterocycles. The van der Waals surface area contributed by atoms with E-state index in [1.54, 1.807) is 12.1 Å². The highest BCUT2D eigenvalue weighted by Gasteiger charge is 2.42. The van der Waals surface area contributed by atoms with Gasteiger partial charge in [-0.15, -0.1) is 0 Å². The number of benzene rings is 1. The molecule has 0 bridgehead atoms. The molecule has 1 N–H and O–H groups in total. The van der Waals surface area contributed by atoms with Gasteiger partial charge >= 0.3 is 0 Å². The zero-order valence-corrected chi connectivity index (χ0v) is 11.7. The molecule has 1 rings (SSSR count). The lowest BCUT2D eigenvalue weighted by molar-refractivity contribution is 0.243. The Balaban J connectivity index is 3.02. The van der Waals surface area contributed by atoms with Crippen LogP contribution in [0.3, 0.4) is 0 Å². The molecule has 0 radical (unpaired) electrons. The van der Waals surface area contributed by atoms with Crippen molar-refractivity contribution in [3.8, 4) is 0 Å². The summed E-state index contributed by atoms with van der Waals surface area (Å²) in [7, 11) is -1.83. The highest BCUT2D eigenvalue weighted by atomic mass is 28.3. The Labute approximate surface area is 98.3 Å². The number of hydrogen-bond acceptors (Lipinski definition) is 1. The van der Waals surface area contributed by atoms with Gasteiger partial charge < -0.3 is 5.11 Å². The molecule has 0 saturated heterocycles. The molecule has 0 aromatic heterocycles. The van der Waals surface area contributed by atoms with Crippen molar-refractivity contribution in [3.05, 3.63) is 35.6 Å². The smallest absolute Gasteiger partial charge is 0.123 e. The quantitative estimate of drug-likeness (QED) is 0.777. The Morgan fingerprint density at radius 3 is 1.94 bits per heavy atom. The summed E-state index contributed by atoms with van der Waals surface area (Å²) in [5, 5.41) is 10.5. The van der Waals surface area contributed by atoms with Gasteiger partial charge in [-0.25, -0.2) is 4.39 Å². The van der Waals surface area contributed by atoms with E-state index in [0.717, 1.165) is 5.56 Å². The highest BCUT2D eigenvalue weighted by molar-refractivity contribution is 6.81. The highest BCUT2D eigenvalue weighted by Crippen LogP contribution is 2.43. The van der Waals surface area contributed by atoms with Crippen LogP contribution in [0, 0.1) is 5.82 Å². The van der Waals surface area contributed by atoms with Crippen LogP contribution in [0.2, 0.25) is 18.1 Å². The van der Waals surface area contributed by atoms with Crippen LogP contribution in [0.5, 0.6) is 0 Å². The second-order valence-electron chi connectivity index (χ2n) is 5.93. The number of aliphatic hydroxyl groups is 1. The lowest BCUT2D eigenvalue weighted by Gasteiger charge is -2.40.